The number of halogens is 1. The van der Waals surface area contributed by atoms with Crippen LogP contribution in [0.4, 0.5) is 4.39 Å². The molecule has 0 heterocycles. The average molecular weight is 227 g/mol. The molecule has 1 aromatic carbocycles. The monoisotopic (exact) mass is 227 g/mol. The average Bonchev–Trinajstić information content (AvgIpc) is 2.27. The maximum atomic E-state index is 12.9. The number of hydrogen-bond donors (Lipinski definition) is 1. The van der Waals surface area contributed by atoms with Crippen LogP contribution in [0.2, 0.25) is 0 Å². The van der Waals surface area contributed by atoms with Gasteiger partial charge in [0.1, 0.15) is 11.6 Å². The van der Waals surface area contributed by atoms with E-state index in [-0.39, 0.29) is 19.0 Å². The Labute approximate surface area is 93.2 Å². The van der Waals surface area contributed by atoms with Gasteiger partial charge in [0.2, 0.25) is 0 Å². The first-order chi connectivity index (χ1) is 7.67. The first-order valence-electron chi connectivity index (χ1n) is 4.94. The minimum Gasteiger partial charge on any atom is -0.482 e. The second-order valence-corrected chi connectivity index (χ2v) is 3.05. The minimum atomic E-state index is -0.463. The first-order valence-corrected chi connectivity index (χ1v) is 4.94. The van der Waals surface area contributed by atoms with Gasteiger partial charge in [0.05, 0.1) is 6.61 Å². The smallest absolute Gasteiger partial charge is 0.344 e. The van der Waals surface area contributed by atoms with Gasteiger partial charge in [-0.1, -0.05) is 0 Å². The van der Waals surface area contributed by atoms with Crippen LogP contribution in [0.1, 0.15) is 12.5 Å². The molecule has 16 heavy (non-hydrogen) atoms. The van der Waals surface area contributed by atoms with E-state index in [2.05, 4.69) is 0 Å². The predicted octanol–water partition coefficient (Wildman–Crippen LogP) is 1.23. The summed E-state index contributed by atoms with van der Waals surface area (Å²) in [5.41, 5.74) is 5.94. The van der Waals surface area contributed by atoms with E-state index < -0.39 is 5.97 Å². The van der Waals surface area contributed by atoms with E-state index in [1.165, 1.54) is 18.2 Å². The SMILES string of the molecule is CCOC(=O)COc1ccc(F)cc1CN. The van der Waals surface area contributed by atoms with Crippen molar-refractivity contribution in [3.8, 4) is 5.75 Å². The number of esters is 1. The molecule has 0 amide bonds. The van der Waals surface area contributed by atoms with E-state index in [9.17, 15) is 9.18 Å². The molecule has 0 aliphatic rings. The highest BCUT2D eigenvalue weighted by Gasteiger charge is 2.07. The van der Waals surface area contributed by atoms with Crippen molar-refractivity contribution in [3.05, 3.63) is 29.6 Å². The maximum absolute atomic E-state index is 12.9. The number of hydrogen-bond acceptors (Lipinski definition) is 4. The zero-order valence-corrected chi connectivity index (χ0v) is 9.03. The molecular weight excluding hydrogens is 213 g/mol. The molecule has 4 nitrogen and oxygen atoms in total. The third kappa shape index (κ3) is 3.51. The molecule has 0 saturated heterocycles. The summed E-state index contributed by atoms with van der Waals surface area (Å²) in [7, 11) is 0. The molecule has 0 aliphatic heterocycles. The van der Waals surface area contributed by atoms with Crippen molar-refractivity contribution in [2.75, 3.05) is 13.2 Å². The van der Waals surface area contributed by atoms with Crippen LogP contribution in [0.15, 0.2) is 18.2 Å². The first kappa shape index (κ1) is 12.4. The molecule has 0 bridgehead atoms. The second kappa shape index (κ2) is 6.07. The quantitative estimate of drug-likeness (QED) is 0.768. The Balaban J connectivity index is 2.63. The Bertz CT molecular complexity index is 368. The molecule has 0 saturated carbocycles. The topological polar surface area (TPSA) is 61.5 Å². The molecule has 0 aromatic heterocycles. The molecule has 88 valence electrons. The molecule has 1 rings (SSSR count). The van der Waals surface area contributed by atoms with Crippen LogP contribution in [0.5, 0.6) is 5.75 Å². The van der Waals surface area contributed by atoms with E-state index >= 15 is 0 Å². The Morgan fingerprint density at radius 1 is 1.50 bits per heavy atom. The van der Waals surface area contributed by atoms with E-state index in [1.807, 2.05) is 0 Å². The zero-order valence-electron chi connectivity index (χ0n) is 9.03. The van der Waals surface area contributed by atoms with E-state index in [0.717, 1.165) is 0 Å². The van der Waals surface area contributed by atoms with Crippen LogP contribution in [-0.2, 0) is 16.1 Å². The Kier molecular flexibility index (Phi) is 4.72. The van der Waals surface area contributed by atoms with E-state index in [1.54, 1.807) is 6.92 Å². The van der Waals surface area contributed by atoms with Crippen molar-refractivity contribution >= 4 is 5.97 Å². The van der Waals surface area contributed by atoms with Crippen molar-refractivity contribution < 1.29 is 18.7 Å². The van der Waals surface area contributed by atoms with Crippen molar-refractivity contribution in [3.63, 3.8) is 0 Å². The van der Waals surface area contributed by atoms with Crippen molar-refractivity contribution in [1.29, 1.82) is 0 Å². The molecule has 0 aliphatic carbocycles. The lowest BCUT2D eigenvalue weighted by atomic mass is 10.2. The third-order valence-electron chi connectivity index (χ3n) is 1.89. The van der Waals surface area contributed by atoms with Gasteiger partial charge in [0, 0.05) is 12.1 Å². The van der Waals surface area contributed by atoms with Gasteiger partial charge in [-0.05, 0) is 25.1 Å². The molecule has 1 aromatic rings. The summed E-state index contributed by atoms with van der Waals surface area (Å²) in [6.45, 7) is 1.96. The molecule has 0 atom stereocenters. The fourth-order valence-corrected chi connectivity index (χ4v) is 1.19. The van der Waals surface area contributed by atoms with Gasteiger partial charge in [0.15, 0.2) is 6.61 Å². The number of carbonyl (C=O) groups is 1. The van der Waals surface area contributed by atoms with Gasteiger partial charge in [-0.3, -0.25) is 0 Å². The zero-order chi connectivity index (χ0) is 12.0. The normalized spacial score (nSPS) is 9.94. The van der Waals surface area contributed by atoms with Gasteiger partial charge in [-0.15, -0.1) is 0 Å². The number of benzene rings is 1. The molecule has 0 spiro atoms. The van der Waals surface area contributed by atoms with Crippen LogP contribution in [0.25, 0.3) is 0 Å². The summed E-state index contributed by atoms with van der Waals surface area (Å²) in [6.07, 6.45) is 0. The summed E-state index contributed by atoms with van der Waals surface area (Å²) in [5.74, 6) is -0.448. The van der Waals surface area contributed by atoms with Gasteiger partial charge in [-0.25, -0.2) is 9.18 Å². The van der Waals surface area contributed by atoms with Crippen LogP contribution in [0, 0.1) is 5.82 Å². The molecule has 0 fully saturated rings. The van der Waals surface area contributed by atoms with Gasteiger partial charge < -0.3 is 15.2 Å². The molecule has 0 radical (unpaired) electrons. The summed E-state index contributed by atoms with van der Waals surface area (Å²) in [5, 5.41) is 0. The fourth-order valence-electron chi connectivity index (χ4n) is 1.19. The predicted molar refractivity (Wildman–Crippen MR) is 56.4 cm³/mol. The molecule has 0 unspecified atom stereocenters. The highest BCUT2D eigenvalue weighted by molar-refractivity contribution is 5.71. The number of ether oxygens (including phenoxy) is 2. The Morgan fingerprint density at radius 3 is 2.88 bits per heavy atom. The lowest BCUT2D eigenvalue weighted by Gasteiger charge is -2.09. The second-order valence-electron chi connectivity index (χ2n) is 3.05. The molecule has 5 heteroatoms. The molecular formula is C11H14FNO3. The van der Waals surface area contributed by atoms with Crippen LogP contribution < -0.4 is 10.5 Å². The van der Waals surface area contributed by atoms with Crippen LogP contribution in [0.3, 0.4) is 0 Å². The third-order valence-corrected chi connectivity index (χ3v) is 1.89. The van der Waals surface area contributed by atoms with Gasteiger partial charge in [0.25, 0.3) is 0 Å². The molecule has 2 N–H and O–H groups in total. The van der Waals surface area contributed by atoms with Crippen LogP contribution in [-0.4, -0.2) is 19.2 Å². The Hall–Kier alpha value is -1.62. The lowest BCUT2D eigenvalue weighted by molar-refractivity contribution is -0.145. The fraction of sp³-hybridized carbons (Fsp3) is 0.364. The highest BCUT2D eigenvalue weighted by atomic mass is 19.1. The van der Waals surface area contributed by atoms with Crippen LogP contribution >= 0.6 is 0 Å². The lowest BCUT2D eigenvalue weighted by Crippen LogP contribution is -2.15. The summed E-state index contributed by atoms with van der Waals surface area (Å²) in [4.78, 5) is 11.0. The number of rotatable bonds is 5. The summed E-state index contributed by atoms with van der Waals surface area (Å²) in [6, 6.07) is 3.97. The van der Waals surface area contributed by atoms with Crippen molar-refractivity contribution in [2.24, 2.45) is 5.73 Å². The van der Waals surface area contributed by atoms with Gasteiger partial charge >= 0.3 is 5.97 Å². The minimum absolute atomic E-state index is 0.149. The highest BCUT2D eigenvalue weighted by Crippen LogP contribution is 2.18. The van der Waals surface area contributed by atoms with Crippen molar-refractivity contribution in [1.82, 2.24) is 0 Å². The number of carbonyl (C=O) groups excluding carboxylic acids is 1. The van der Waals surface area contributed by atoms with E-state index in [0.29, 0.717) is 17.9 Å². The number of nitrogens with two attached hydrogens (primary N) is 1. The summed E-state index contributed by atoms with van der Waals surface area (Å²) >= 11 is 0. The van der Waals surface area contributed by atoms with Crippen molar-refractivity contribution in [2.45, 2.75) is 13.5 Å². The summed E-state index contributed by atoms with van der Waals surface area (Å²) < 4.78 is 22.7. The Morgan fingerprint density at radius 2 is 2.25 bits per heavy atom. The largest absolute Gasteiger partial charge is 0.482 e. The standard InChI is InChI=1S/C11H14FNO3/c1-2-15-11(14)7-16-10-4-3-9(12)5-8(10)6-13/h3-5H,2,6-7,13H2,1H3. The maximum Gasteiger partial charge on any atom is 0.344 e. The van der Waals surface area contributed by atoms with Gasteiger partial charge in [-0.2, -0.15) is 0 Å². The van der Waals surface area contributed by atoms with E-state index in [4.69, 9.17) is 15.2 Å².